The smallest absolute Gasteiger partial charge is 0.305 e. The average Bonchev–Trinajstić information content (AvgIpc) is 2.93. The van der Waals surface area contributed by atoms with Gasteiger partial charge in [0.25, 0.3) is 0 Å². The van der Waals surface area contributed by atoms with Gasteiger partial charge in [-0.25, -0.2) is 14.4 Å². The molecule has 0 unspecified atom stereocenters. The van der Waals surface area contributed by atoms with Crippen LogP contribution in [0.25, 0.3) is 0 Å². The van der Waals surface area contributed by atoms with Crippen LogP contribution in [0.3, 0.4) is 0 Å². The lowest BCUT2D eigenvalue weighted by Gasteiger charge is -2.36. The van der Waals surface area contributed by atoms with Gasteiger partial charge in [0.05, 0.1) is 0 Å². The minimum atomic E-state index is -5.77. The van der Waals surface area contributed by atoms with E-state index in [4.69, 9.17) is 0 Å². The van der Waals surface area contributed by atoms with Gasteiger partial charge in [0, 0.05) is 17.9 Å². The number of benzene rings is 1. The Morgan fingerprint density at radius 3 is 2.08 bits per heavy atom. The molecule has 2 heterocycles. The summed E-state index contributed by atoms with van der Waals surface area (Å²) in [4.78, 5) is 7.05. The van der Waals surface area contributed by atoms with Crippen LogP contribution in [0.1, 0.15) is 5.56 Å². The lowest BCUT2D eigenvalue weighted by atomic mass is 10.1. The number of thioether (sulfide) groups is 1. The first-order chi connectivity index (χ1) is 11.1. The van der Waals surface area contributed by atoms with E-state index in [1.165, 1.54) is 4.90 Å². The maximum Gasteiger partial charge on any atom is 0.443 e. The number of alkyl halides is 6. The van der Waals surface area contributed by atoms with Crippen molar-refractivity contribution in [3.63, 3.8) is 0 Å². The van der Waals surface area contributed by atoms with Gasteiger partial charge in [-0.1, -0.05) is 11.8 Å². The van der Waals surface area contributed by atoms with Gasteiger partial charge in [-0.15, -0.1) is 0 Å². The molecule has 130 valence electrons. The van der Waals surface area contributed by atoms with E-state index >= 15 is 0 Å². The Hall–Kier alpha value is -1.78. The van der Waals surface area contributed by atoms with Crippen molar-refractivity contribution in [3.8, 4) is 0 Å². The summed E-state index contributed by atoms with van der Waals surface area (Å²) in [6.45, 7) is 0.158. The van der Waals surface area contributed by atoms with Crippen LogP contribution in [-0.4, -0.2) is 46.2 Å². The third kappa shape index (κ3) is 2.54. The number of fused-ring (bicyclic) bond motifs is 1. The van der Waals surface area contributed by atoms with Crippen molar-refractivity contribution in [3.05, 3.63) is 35.6 Å². The van der Waals surface area contributed by atoms with Crippen molar-refractivity contribution < 1.29 is 30.7 Å². The van der Waals surface area contributed by atoms with Gasteiger partial charge in [0.2, 0.25) is 0 Å². The van der Waals surface area contributed by atoms with Crippen LogP contribution in [0.4, 0.5) is 30.7 Å². The van der Waals surface area contributed by atoms with Gasteiger partial charge in [0.15, 0.2) is 5.17 Å². The van der Waals surface area contributed by atoms with Crippen molar-refractivity contribution in [2.45, 2.75) is 18.0 Å². The standard InChI is InChI=1S/C13H8F7N3S/c14-8-3-1-7(2-4-8)9-21-11(12(15,16)17,13(18,19)20)22-10-23(9)5-6-24-10/h1-4H,5-6H2. The fourth-order valence-corrected chi connectivity index (χ4v) is 3.29. The Balaban J connectivity index is 2.23. The molecule has 0 aromatic heterocycles. The van der Waals surface area contributed by atoms with Crippen LogP contribution >= 0.6 is 11.8 Å². The zero-order chi connectivity index (χ0) is 17.8. The van der Waals surface area contributed by atoms with Crippen LogP contribution in [0, 0.1) is 5.82 Å². The monoisotopic (exact) mass is 371 g/mol. The predicted octanol–water partition coefficient (Wildman–Crippen LogP) is 3.81. The molecule has 3 rings (SSSR count). The molecule has 0 radical (unpaired) electrons. The third-order valence-electron chi connectivity index (χ3n) is 3.45. The summed E-state index contributed by atoms with van der Waals surface area (Å²) in [6, 6.07) is 4.04. The van der Waals surface area contributed by atoms with Gasteiger partial charge < -0.3 is 4.90 Å². The second-order valence-corrected chi connectivity index (χ2v) is 6.07. The fourth-order valence-electron chi connectivity index (χ4n) is 2.30. The lowest BCUT2D eigenvalue weighted by Crippen LogP contribution is -2.58. The molecule has 3 nitrogen and oxygen atoms in total. The zero-order valence-corrected chi connectivity index (χ0v) is 12.4. The summed E-state index contributed by atoms with van der Waals surface area (Å²) >= 11 is 0.783. The molecule has 0 atom stereocenters. The molecule has 2 aliphatic heterocycles. The first-order valence-corrected chi connectivity index (χ1v) is 7.53. The van der Waals surface area contributed by atoms with E-state index in [2.05, 4.69) is 9.98 Å². The second kappa shape index (κ2) is 5.36. The normalized spacial score (nSPS) is 20.5. The third-order valence-corrected chi connectivity index (χ3v) is 4.41. The van der Waals surface area contributed by atoms with Crippen LogP contribution in [0.15, 0.2) is 34.3 Å². The summed E-state index contributed by atoms with van der Waals surface area (Å²) in [5, 5.41) is -0.404. The molecule has 0 saturated carbocycles. The molecule has 1 aromatic rings. The first kappa shape index (κ1) is 17.1. The number of rotatable bonds is 1. The number of aliphatic imine (C=N–C) groups is 2. The van der Waals surface area contributed by atoms with Crippen molar-refractivity contribution >= 4 is 22.8 Å². The highest BCUT2D eigenvalue weighted by atomic mass is 32.2. The van der Waals surface area contributed by atoms with Crippen LogP contribution in [-0.2, 0) is 0 Å². The van der Waals surface area contributed by atoms with Gasteiger partial charge in [-0.2, -0.15) is 26.3 Å². The maximum atomic E-state index is 13.3. The molecule has 1 fully saturated rings. The van der Waals surface area contributed by atoms with E-state index < -0.39 is 34.8 Å². The Morgan fingerprint density at radius 1 is 0.958 bits per heavy atom. The molecule has 0 spiro atoms. The molecule has 1 saturated heterocycles. The molecule has 1 aromatic carbocycles. The highest BCUT2D eigenvalue weighted by Crippen LogP contribution is 2.50. The van der Waals surface area contributed by atoms with E-state index in [1.807, 2.05) is 0 Å². The van der Waals surface area contributed by atoms with Crippen molar-refractivity contribution in [2.24, 2.45) is 9.98 Å². The minimum Gasteiger partial charge on any atom is -0.305 e. The molecule has 0 bridgehead atoms. The molecule has 0 N–H and O–H groups in total. The number of halogens is 7. The highest BCUT2D eigenvalue weighted by Gasteiger charge is 2.74. The first-order valence-electron chi connectivity index (χ1n) is 6.54. The molecular formula is C13H8F7N3S. The zero-order valence-electron chi connectivity index (χ0n) is 11.6. The summed E-state index contributed by atoms with van der Waals surface area (Å²) < 4.78 is 92.7. The summed E-state index contributed by atoms with van der Waals surface area (Å²) in [5.41, 5.74) is -4.61. The Morgan fingerprint density at radius 2 is 1.54 bits per heavy atom. The SMILES string of the molecule is Fc1ccc(C2=NC(C(F)(F)F)(C(F)(F)F)N=C3SCCN32)cc1. The van der Waals surface area contributed by atoms with Gasteiger partial charge in [0.1, 0.15) is 11.7 Å². The van der Waals surface area contributed by atoms with Crippen molar-refractivity contribution in [2.75, 3.05) is 12.3 Å². The van der Waals surface area contributed by atoms with E-state index in [0.717, 1.165) is 36.0 Å². The number of hydrogen-bond donors (Lipinski definition) is 0. The molecule has 0 amide bonds. The molecule has 0 aliphatic carbocycles. The fraction of sp³-hybridized carbons (Fsp3) is 0.385. The molecular weight excluding hydrogens is 363 g/mol. The summed E-state index contributed by atoms with van der Waals surface area (Å²) in [7, 11) is 0. The summed E-state index contributed by atoms with van der Waals surface area (Å²) in [6.07, 6.45) is -11.5. The van der Waals surface area contributed by atoms with E-state index in [1.54, 1.807) is 0 Å². The van der Waals surface area contributed by atoms with Gasteiger partial charge in [-0.3, -0.25) is 0 Å². The number of nitrogens with zero attached hydrogens (tertiary/aromatic N) is 3. The highest BCUT2D eigenvalue weighted by molar-refractivity contribution is 8.14. The van der Waals surface area contributed by atoms with Gasteiger partial charge >= 0.3 is 18.0 Å². The summed E-state index contributed by atoms with van der Waals surface area (Å²) in [5.74, 6) is -0.928. The van der Waals surface area contributed by atoms with Crippen LogP contribution in [0.5, 0.6) is 0 Å². The largest absolute Gasteiger partial charge is 0.443 e. The van der Waals surface area contributed by atoms with Crippen molar-refractivity contribution in [1.29, 1.82) is 0 Å². The van der Waals surface area contributed by atoms with Crippen LogP contribution < -0.4 is 0 Å². The average molecular weight is 371 g/mol. The Kier molecular flexibility index (Phi) is 3.81. The number of amidine groups is 2. The Labute approximate surface area is 135 Å². The van der Waals surface area contributed by atoms with E-state index in [-0.39, 0.29) is 17.9 Å². The maximum absolute atomic E-state index is 13.3. The second-order valence-electron chi connectivity index (χ2n) is 5.00. The molecule has 2 aliphatic rings. The quantitative estimate of drug-likeness (QED) is 0.703. The van der Waals surface area contributed by atoms with Crippen molar-refractivity contribution in [1.82, 2.24) is 4.90 Å². The predicted molar refractivity (Wildman–Crippen MR) is 74.4 cm³/mol. The van der Waals surface area contributed by atoms with Crippen LogP contribution in [0.2, 0.25) is 0 Å². The van der Waals surface area contributed by atoms with E-state index in [9.17, 15) is 30.7 Å². The Bertz CT molecular complexity index is 692. The van der Waals surface area contributed by atoms with E-state index in [0.29, 0.717) is 0 Å². The molecule has 11 heteroatoms. The lowest BCUT2D eigenvalue weighted by molar-refractivity contribution is -0.292. The van der Waals surface area contributed by atoms with Gasteiger partial charge in [-0.05, 0) is 24.3 Å². The number of hydrogen-bond acceptors (Lipinski definition) is 4. The minimum absolute atomic E-state index is 0.0517. The topological polar surface area (TPSA) is 28.0 Å². The molecule has 24 heavy (non-hydrogen) atoms.